The van der Waals surface area contributed by atoms with Gasteiger partial charge < -0.3 is 19.3 Å². The lowest BCUT2D eigenvalue weighted by Crippen LogP contribution is -2.36. The number of rotatable bonds is 20. The topological polar surface area (TPSA) is 244 Å². The Morgan fingerprint density at radius 1 is 0.444 bits per heavy atom. The van der Waals surface area contributed by atoms with Crippen LogP contribution in [0.4, 0.5) is 17.1 Å². The molecule has 10 rings (SSSR count). The molecule has 0 radical (unpaired) electrons. The third-order valence-corrected chi connectivity index (χ3v) is 16.0. The van der Waals surface area contributed by atoms with E-state index in [2.05, 4.69) is 15.2 Å². The highest BCUT2D eigenvalue weighted by Crippen LogP contribution is 2.32. The molecule has 20 heteroatoms. The van der Waals surface area contributed by atoms with Crippen molar-refractivity contribution in [3.63, 3.8) is 0 Å². The van der Waals surface area contributed by atoms with E-state index in [1.54, 1.807) is 86.6 Å². The number of nitro benzene ring substituents is 2. The molecule has 0 atom stereocenters. The molecule has 0 saturated carbocycles. The molecule has 9 aromatic rings. The molecule has 18 nitrogen and oxygen atoms in total. The molecule has 9 aromatic carbocycles. The van der Waals surface area contributed by atoms with Crippen LogP contribution in [0.25, 0.3) is 11.1 Å². The first kappa shape index (κ1) is 63.7. The third-order valence-electron chi connectivity index (χ3n) is 14.0. The fourth-order valence-electron chi connectivity index (χ4n) is 9.37. The quantitative estimate of drug-likeness (QED) is 0.0226. The Morgan fingerprint density at radius 2 is 0.778 bits per heavy atom. The van der Waals surface area contributed by atoms with Gasteiger partial charge in [0.15, 0.2) is 23.0 Å². The second-order valence-corrected chi connectivity index (χ2v) is 22.6. The van der Waals surface area contributed by atoms with Crippen LogP contribution in [-0.4, -0.2) is 82.6 Å². The summed E-state index contributed by atoms with van der Waals surface area (Å²) in [6.07, 6.45) is 0. The summed E-state index contributed by atoms with van der Waals surface area (Å²) in [6, 6.07) is 61.5. The van der Waals surface area contributed by atoms with Crippen molar-refractivity contribution in [2.24, 2.45) is 10.3 Å². The molecular formula is C70H55N5O13S2. The Hall–Kier alpha value is -10.8. The summed E-state index contributed by atoms with van der Waals surface area (Å²) in [5, 5.41) is 29.8. The molecule has 0 spiro atoms. The van der Waals surface area contributed by atoms with Gasteiger partial charge >= 0.3 is 11.9 Å². The summed E-state index contributed by atoms with van der Waals surface area (Å²) in [5.41, 5.74) is 7.12. The van der Waals surface area contributed by atoms with Crippen LogP contribution in [0, 0.1) is 34.1 Å². The fraction of sp³-hybridized carbons (Fsp3) is 0.114. The molecule has 1 saturated heterocycles. The first-order valence-electron chi connectivity index (χ1n) is 27.9. The minimum atomic E-state index is -0.708. The molecule has 0 amide bonds. The molecule has 0 unspecified atom stereocenters. The standard InChI is InChI=1S/C36H26N2O6S.C34H29N3O7S/c1-23-22-30(38(42)43)16-21-33(23)34(37-44-24(2)39)36(41)29-14-19-32(20-15-29)45-31-17-12-28(13-18-31)35(40)27-10-8-26(9-11-27)25-6-4-3-5-7-25;1-22-21-28(37(41)42)11-16-31(22)32(35-44-23(2)38)34(40)26-7-14-30(15-8-26)45-29-12-5-25(6-13-29)33(39)24-3-9-27(10-4-24)36-17-19-43-20-18-36/h3-22H,1-2H3;3-16,21H,17-20H2,1-2H3/b37-34-;35-32-. The number of oxime groups is 2. The lowest BCUT2D eigenvalue weighted by atomic mass is 9.97. The summed E-state index contributed by atoms with van der Waals surface area (Å²) < 4.78 is 5.41. The maximum Gasteiger partial charge on any atom is 0.332 e. The number of nitrogens with zero attached hydrogens (tertiary/aromatic N) is 5. The van der Waals surface area contributed by atoms with Crippen LogP contribution < -0.4 is 4.90 Å². The van der Waals surface area contributed by atoms with Crippen LogP contribution in [0.3, 0.4) is 0 Å². The number of hydrogen-bond acceptors (Lipinski definition) is 18. The van der Waals surface area contributed by atoms with Gasteiger partial charge in [-0.15, -0.1) is 0 Å². The third kappa shape index (κ3) is 16.4. The summed E-state index contributed by atoms with van der Waals surface area (Å²) in [7, 11) is 0. The zero-order chi connectivity index (χ0) is 63.8. The first-order valence-corrected chi connectivity index (χ1v) is 29.6. The number of aryl methyl sites for hydroxylation is 2. The van der Waals surface area contributed by atoms with Gasteiger partial charge in [0.1, 0.15) is 0 Å². The van der Waals surface area contributed by atoms with Crippen LogP contribution >= 0.6 is 23.5 Å². The number of nitro groups is 2. The number of ether oxygens (including phenoxy) is 1. The van der Waals surface area contributed by atoms with Gasteiger partial charge in [-0.05, 0) is 170 Å². The smallest absolute Gasteiger partial charge is 0.332 e. The van der Waals surface area contributed by atoms with E-state index in [1.165, 1.54) is 59.9 Å². The number of non-ortho nitro benzene ring substituents is 2. The lowest BCUT2D eigenvalue weighted by Gasteiger charge is -2.28. The predicted octanol–water partition coefficient (Wildman–Crippen LogP) is 14.4. The van der Waals surface area contributed by atoms with E-state index in [9.17, 15) is 49.0 Å². The van der Waals surface area contributed by atoms with Gasteiger partial charge in [-0.2, -0.15) is 0 Å². The van der Waals surface area contributed by atoms with Crippen molar-refractivity contribution in [2.75, 3.05) is 31.2 Å². The Balaban J connectivity index is 0.000000213. The Bertz CT molecular complexity index is 4230. The van der Waals surface area contributed by atoms with E-state index >= 15 is 0 Å². The second kappa shape index (κ2) is 29.7. The molecule has 0 bridgehead atoms. The summed E-state index contributed by atoms with van der Waals surface area (Å²) in [5.74, 6) is -2.56. The SMILES string of the molecule is CC(=O)O/N=C(\C(=O)c1ccc(Sc2ccc(C(=O)c3ccc(-c4ccccc4)cc3)cc2)cc1)c1ccc([N+](=O)[O-])cc1C.CC(=O)O/N=C(\C(=O)c1ccc(Sc2ccc(C(=O)c3ccc(N4CCOCC4)cc3)cc2)cc1)c1ccc([N+](=O)[O-])cc1C. The fourth-order valence-corrected chi connectivity index (χ4v) is 11.0. The molecular weight excluding hydrogens is 1180 g/mol. The number of carbonyl (C=O) groups excluding carboxylic acids is 6. The average Bonchev–Trinajstić information content (AvgIpc) is 1.41. The number of hydrogen-bond donors (Lipinski definition) is 0. The van der Waals surface area contributed by atoms with Crippen molar-refractivity contribution >= 4 is 87.1 Å². The number of ketones is 4. The van der Waals surface area contributed by atoms with Crippen LogP contribution in [0.5, 0.6) is 0 Å². The van der Waals surface area contributed by atoms with E-state index < -0.39 is 33.4 Å². The largest absolute Gasteiger partial charge is 0.378 e. The van der Waals surface area contributed by atoms with E-state index in [-0.39, 0.29) is 34.4 Å². The van der Waals surface area contributed by atoms with Crippen molar-refractivity contribution in [1.82, 2.24) is 0 Å². The van der Waals surface area contributed by atoms with Crippen molar-refractivity contribution in [3.05, 3.63) is 288 Å². The van der Waals surface area contributed by atoms with E-state index in [0.717, 1.165) is 63.3 Å². The normalized spacial score (nSPS) is 12.2. The van der Waals surface area contributed by atoms with Crippen molar-refractivity contribution < 1.29 is 53.0 Å². The Morgan fingerprint density at radius 3 is 1.12 bits per heavy atom. The van der Waals surface area contributed by atoms with Gasteiger partial charge in [0.25, 0.3) is 11.4 Å². The van der Waals surface area contributed by atoms with Gasteiger partial charge in [-0.25, -0.2) is 9.59 Å². The zero-order valence-electron chi connectivity index (χ0n) is 48.9. The van der Waals surface area contributed by atoms with Gasteiger partial charge in [0, 0.05) is 121 Å². The molecule has 0 N–H and O–H groups in total. The number of carbonyl (C=O) groups is 6. The molecule has 450 valence electrons. The van der Waals surface area contributed by atoms with Gasteiger partial charge in [0.05, 0.1) is 23.1 Å². The highest BCUT2D eigenvalue weighted by Gasteiger charge is 2.24. The Labute approximate surface area is 525 Å². The molecule has 1 aliphatic heterocycles. The number of anilines is 1. The van der Waals surface area contributed by atoms with Crippen LogP contribution in [0.2, 0.25) is 0 Å². The zero-order valence-corrected chi connectivity index (χ0v) is 50.5. The Kier molecular flexibility index (Phi) is 21.0. The van der Waals surface area contributed by atoms with Gasteiger partial charge in [0.2, 0.25) is 11.6 Å². The molecule has 1 fully saturated rings. The minimum Gasteiger partial charge on any atom is -0.378 e. The highest BCUT2D eigenvalue weighted by molar-refractivity contribution is 7.99. The number of Topliss-reactive ketones (excluding diaryl/α,β-unsaturated/α-hetero) is 2. The highest BCUT2D eigenvalue weighted by atomic mass is 32.2. The molecule has 0 aliphatic carbocycles. The summed E-state index contributed by atoms with van der Waals surface area (Å²) in [4.78, 5) is 112. The summed E-state index contributed by atoms with van der Waals surface area (Å²) in [6.45, 7) is 8.60. The summed E-state index contributed by atoms with van der Waals surface area (Å²) >= 11 is 2.93. The van der Waals surface area contributed by atoms with E-state index in [1.807, 2.05) is 103 Å². The monoisotopic (exact) mass is 1240 g/mol. The first-order chi connectivity index (χ1) is 43.4. The van der Waals surface area contributed by atoms with Crippen molar-refractivity contribution in [2.45, 2.75) is 47.3 Å². The van der Waals surface area contributed by atoms with Gasteiger partial charge in [-0.1, -0.05) is 88.4 Å². The minimum absolute atomic E-state index is 0.0579. The maximum absolute atomic E-state index is 13.4. The molecule has 0 aromatic heterocycles. The average molecular weight is 1240 g/mol. The maximum atomic E-state index is 13.4. The molecule has 90 heavy (non-hydrogen) atoms. The number of benzene rings is 9. The molecule has 1 aliphatic rings. The van der Waals surface area contributed by atoms with Crippen LogP contribution in [-0.2, 0) is 24.0 Å². The predicted molar refractivity (Wildman–Crippen MR) is 343 cm³/mol. The van der Waals surface area contributed by atoms with Crippen LogP contribution in [0.15, 0.2) is 242 Å². The van der Waals surface area contributed by atoms with Crippen LogP contribution in [0.1, 0.15) is 88.7 Å². The number of morpholine rings is 1. The van der Waals surface area contributed by atoms with E-state index in [0.29, 0.717) is 68.8 Å². The second-order valence-electron chi connectivity index (χ2n) is 20.3. The molecule has 1 heterocycles. The van der Waals surface area contributed by atoms with Crippen molar-refractivity contribution in [1.29, 1.82) is 0 Å². The van der Waals surface area contributed by atoms with Gasteiger partial charge in [-0.3, -0.25) is 39.4 Å². The van der Waals surface area contributed by atoms with Crippen molar-refractivity contribution in [3.8, 4) is 11.1 Å². The van der Waals surface area contributed by atoms with E-state index in [4.69, 9.17) is 14.4 Å². The lowest BCUT2D eigenvalue weighted by molar-refractivity contribution is -0.385.